The van der Waals surface area contributed by atoms with Crippen molar-refractivity contribution in [1.29, 1.82) is 0 Å². The first-order valence-corrected chi connectivity index (χ1v) is 5.06. The van der Waals surface area contributed by atoms with Crippen LogP contribution in [-0.4, -0.2) is 19.4 Å². The van der Waals surface area contributed by atoms with Crippen LogP contribution in [-0.2, 0) is 14.3 Å². The smallest absolute Gasteiger partial charge is 0.313 e. The van der Waals surface area contributed by atoms with Gasteiger partial charge in [0.15, 0.2) is 11.6 Å². The topological polar surface area (TPSA) is 43.4 Å². The molecule has 17 heavy (non-hydrogen) atoms. The van der Waals surface area contributed by atoms with Gasteiger partial charge < -0.3 is 9.53 Å². The third kappa shape index (κ3) is 3.34. The number of esters is 1. The number of carbonyl (C=O) groups is 2. The fraction of sp³-hybridized carbons (Fsp3) is 0.333. The van der Waals surface area contributed by atoms with Gasteiger partial charge in [0.05, 0.1) is 13.0 Å². The van der Waals surface area contributed by atoms with E-state index in [-0.39, 0.29) is 12.8 Å². The van der Waals surface area contributed by atoms with E-state index in [1.54, 1.807) is 0 Å². The zero-order chi connectivity index (χ0) is 12.8. The van der Waals surface area contributed by atoms with Crippen LogP contribution in [0.1, 0.15) is 24.3 Å². The standard InChI is InChI=1S/C12H12F2O3/c1-17-12(16)9(3-2-6-15)8-4-5-10(13)11(14)7-8/h4-7,9H,2-3H2,1H3. The zero-order valence-electron chi connectivity index (χ0n) is 9.28. The Morgan fingerprint density at radius 3 is 2.65 bits per heavy atom. The van der Waals surface area contributed by atoms with E-state index in [2.05, 4.69) is 4.74 Å². The highest BCUT2D eigenvalue weighted by Crippen LogP contribution is 2.24. The van der Waals surface area contributed by atoms with Gasteiger partial charge in [-0.15, -0.1) is 0 Å². The van der Waals surface area contributed by atoms with Gasteiger partial charge in [0, 0.05) is 6.42 Å². The third-order valence-electron chi connectivity index (χ3n) is 2.40. The predicted molar refractivity (Wildman–Crippen MR) is 56.4 cm³/mol. The molecule has 0 aliphatic carbocycles. The van der Waals surface area contributed by atoms with Crippen LogP contribution in [0.15, 0.2) is 18.2 Å². The van der Waals surface area contributed by atoms with Gasteiger partial charge in [0.25, 0.3) is 0 Å². The van der Waals surface area contributed by atoms with E-state index in [1.807, 2.05) is 0 Å². The SMILES string of the molecule is COC(=O)C(CCC=O)c1ccc(F)c(F)c1. The van der Waals surface area contributed by atoms with E-state index < -0.39 is 23.5 Å². The fourth-order valence-corrected chi connectivity index (χ4v) is 1.53. The van der Waals surface area contributed by atoms with E-state index in [1.165, 1.54) is 13.2 Å². The summed E-state index contributed by atoms with van der Waals surface area (Å²) in [7, 11) is 1.20. The molecule has 1 unspecified atom stereocenters. The molecule has 0 aliphatic rings. The number of aldehydes is 1. The lowest BCUT2D eigenvalue weighted by Gasteiger charge is -2.13. The minimum absolute atomic E-state index is 0.152. The van der Waals surface area contributed by atoms with Crippen LogP contribution in [0.25, 0.3) is 0 Å². The molecule has 0 saturated carbocycles. The van der Waals surface area contributed by atoms with E-state index in [0.717, 1.165) is 12.1 Å². The Hall–Kier alpha value is -1.78. The molecule has 0 heterocycles. The normalized spacial score (nSPS) is 11.9. The first-order valence-electron chi connectivity index (χ1n) is 5.06. The first kappa shape index (κ1) is 13.3. The van der Waals surface area contributed by atoms with Crippen molar-refractivity contribution >= 4 is 12.3 Å². The van der Waals surface area contributed by atoms with Gasteiger partial charge in [-0.05, 0) is 24.1 Å². The molecule has 0 radical (unpaired) electrons. The number of halogens is 2. The average Bonchev–Trinajstić information content (AvgIpc) is 2.33. The molecule has 0 aromatic heterocycles. The van der Waals surface area contributed by atoms with Crippen LogP contribution in [0.3, 0.4) is 0 Å². The van der Waals surface area contributed by atoms with Crippen molar-refractivity contribution in [2.24, 2.45) is 0 Å². The Kier molecular flexibility index (Phi) is 4.75. The second kappa shape index (κ2) is 6.08. The molecule has 1 atom stereocenters. The fourth-order valence-electron chi connectivity index (χ4n) is 1.53. The third-order valence-corrected chi connectivity index (χ3v) is 2.40. The van der Waals surface area contributed by atoms with Crippen LogP contribution >= 0.6 is 0 Å². The van der Waals surface area contributed by atoms with Crippen molar-refractivity contribution < 1.29 is 23.1 Å². The molecule has 5 heteroatoms. The molecule has 0 fully saturated rings. The summed E-state index contributed by atoms with van der Waals surface area (Å²) in [6.07, 6.45) is 1.02. The number of hydrogen-bond donors (Lipinski definition) is 0. The van der Waals surface area contributed by atoms with Gasteiger partial charge in [-0.2, -0.15) is 0 Å². The van der Waals surface area contributed by atoms with Crippen LogP contribution in [0.2, 0.25) is 0 Å². The molecule has 0 bridgehead atoms. The van der Waals surface area contributed by atoms with Gasteiger partial charge in [0.1, 0.15) is 6.29 Å². The van der Waals surface area contributed by atoms with Crippen molar-refractivity contribution in [3.05, 3.63) is 35.4 Å². The number of ether oxygens (including phenoxy) is 1. The molecule has 0 N–H and O–H groups in total. The van der Waals surface area contributed by atoms with Crippen LogP contribution in [0.5, 0.6) is 0 Å². The summed E-state index contributed by atoms with van der Waals surface area (Å²) < 4.78 is 30.3. The maximum absolute atomic E-state index is 13.0. The molecule has 1 rings (SSSR count). The molecule has 92 valence electrons. The highest BCUT2D eigenvalue weighted by molar-refractivity contribution is 5.78. The molecule has 0 saturated heterocycles. The number of hydrogen-bond acceptors (Lipinski definition) is 3. The molecule has 1 aromatic carbocycles. The maximum Gasteiger partial charge on any atom is 0.313 e. The number of methoxy groups -OCH3 is 1. The average molecular weight is 242 g/mol. The summed E-state index contributed by atoms with van der Waals surface area (Å²) in [5.41, 5.74) is 0.303. The zero-order valence-corrected chi connectivity index (χ0v) is 9.28. The van der Waals surface area contributed by atoms with Gasteiger partial charge in [-0.1, -0.05) is 6.07 Å². The summed E-state index contributed by atoms with van der Waals surface area (Å²) in [5, 5.41) is 0. The highest BCUT2D eigenvalue weighted by Gasteiger charge is 2.22. The molecule has 1 aromatic rings. The molecule has 3 nitrogen and oxygen atoms in total. The molecule has 0 aliphatic heterocycles. The molecular weight excluding hydrogens is 230 g/mol. The Morgan fingerprint density at radius 2 is 2.12 bits per heavy atom. The van der Waals surface area contributed by atoms with Gasteiger partial charge >= 0.3 is 5.97 Å². The van der Waals surface area contributed by atoms with E-state index in [0.29, 0.717) is 11.8 Å². The molecule has 0 amide bonds. The minimum Gasteiger partial charge on any atom is -0.469 e. The summed E-state index contributed by atoms with van der Waals surface area (Å²) in [6.45, 7) is 0. The Labute approximate surface area is 97.4 Å². The summed E-state index contributed by atoms with van der Waals surface area (Å²) >= 11 is 0. The van der Waals surface area contributed by atoms with Crippen molar-refractivity contribution in [2.75, 3.05) is 7.11 Å². The Bertz CT molecular complexity index is 418. The highest BCUT2D eigenvalue weighted by atomic mass is 19.2. The van der Waals surface area contributed by atoms with Crippen LogP contribution in [0, 0.1) is 11.6 Å². The Morgan fingerprint density at radius 1 is 1.41 bits per heavy atom. The van der Waals surface area contributed by atoms with Crippen LogP contribution in [0.4, 0.5) is 8.78 Å². The van der Waals surface area contributed by atoms with Crippen molar-refractivity contribution in [1.82, 2.24) is 0 Å². The number of carbonyl (C=O) groups excluding carboxylic acids is 2. The van der Waals surface area contributed by atoms with Crippen molar-refractivity contribution in [2.45, 2.75) is 18.8 Å². The molecular formula is C12H12F2O3. The van der Waals surface area contributed by atoms with E-state index >= 15 is 0 Å². The quantitative estimate of drug-likeness (QED) is 0.587. The number of rotatable bonds is 5. The Balaban J connectivity index is 2.98. The minimum atomic E-state index is -1.03. The van der Waals surface area contributed by atoms with Crippen LogP contribution < -0.4 is 0 Å². The number of benzene rings is 1. The van der Waals surface area contributed by atoms with Gasteiger partial charge in [0.2, 0.25) is 0 Å². The van der Waals surface area contributed by atoms with Crippen molar-refractivity contribution in [3.8, 4) is 0 Å². The van der Waals surface area contributed by atoms with E-state index in [9.17, 15) is 18.4 Å². The second-order valence-electron chi connectivity index (χ2n) is 3.49. The lowest BCUT2D eigenvalue weighted by Crippen LogP contribution is -2.15. The summed E-state index contributed by atoms with van der Waals surface area (Å²) in [6, 6.07) is 3.20. The van der Waals surface area contributed by atoms with Crippen molar-refractivity contribution in [3.63, 3.8) is 0 Å². The largest absolute Gasteiger partial charge is 0.469 e. The lowest BCUT2D eigenvalue weighted by molar-refractivity contribution is -0.142. The van der Waals surface area contributed by atoms with Gasteiger partial charge in [-0.25, -0.2) is 8.78 Å². The summed E-state index contributed by atoms with van der Waals surface area (Å²) in [5.74, 6) is -3.33. The monoisotopic (exact) mass is 242 g/mol. The first-order chi connectivity index (χ1) is 8.10. The second-order valence-corrected chi connectivity index (χ2v) is 3.49. The maximum atomic E-state index is 13.0. The predicted octanol–water partition coefficient (Wildman–Crippen LogP) is 2.20. The summed E-state index contributed by atoms with van der Waals surface area (Å²) in [4.78, 5) is 21.7. The molecule has 0 spiro atoms. The lowest BCUT2D eigenvalue weighted by atomic mass is 9.94. The van der Waals surface area contributed by atoms with Gasteiger partial charge in [-0.3, -0.25) is 4.79 Å². The van der Waals surface area contributed by atoms with E-state index in [4.69, 9.17) is 0 Å².